The van der Waals surface area contributed by atoms with Crippen LogP contribution in [0.4, 0.5) is 10.1 Å². The number of carboxylic acid groups (broad SMARTS) is 1. The van der Waals surface area contributed by atoms with E-state index < -0.39 is 29.2 Å². The number of rotatable bonds is 3. The summed E-state index contributed by atoms with van der Waals surface area (Å²) < 4.78 is 13.5. The largest absolute Gasteiger partial charge is 0.478 e. The van der Waals surface area contributed by atoms with Crippen LogP contribution in [0.25, 0.3) is 0 Å². The van der Waals surface area contributed by atoms with Crippen molar-refractivity contribution in [3.63, 3.8) is 0 Å². The fraction of sp³-hybridized carbons (Fsp3) is 0.385. The highest BCUT2D eigenvalue weighted by Crippen LogP contribution is 2.21. The Balaban J connectivity index is 2.96. The second kappa shape index (κ2) is 5.36. The molecule has 1 atom stereocenters. The van der Waals surface area contributed by atoms with Crippen molar-refractivity contribution in [2.75, 3.05) is 5.32 Å². The molecule has 0 unspecified atom stereocenters. The molecule has 0 aliphatic heterocycles. The van der Waals surface area contributed by atoms with Gasteiger partial charge in [-0.2, -0.15) is 0 Å². The number of hydrogen-bond acceptors (Lipinski definition) is 3. The molecular formula is C13H17FN2O3. The average Bonchev–Trinajstić information content (AvgIpc) is 2.29. The Labute approximate surface area is 110 Å². The van der Waals surface area contributed by atoms with E-state index in [9.17, 15) is 14.0 Å². The van der Waals surface area contributed by atoms with E-state index in [1.807, 2.05) is 0 Å². The van der Waals surface area contributed by atoms with Crippen LogP contribution in [-0.2, 0) is 4.79 Å². The number of aromatic carboxylic acids is 1. The van der Waals surface area contributed by atoms with Gasteiger partial charge in [0, 0.05) is 0 Å². The van der Waals surface area contributed by atoms with E-state index >= 15 is 0 Å². The number of halogens is 1. The molecule has 1 aromatic rings. The number of carbonyl (C=O) groups excluding carboxylic acids is 1. The molecule has 19 heavy (non-hydrogen) atoms. The molecule has 104 valence electrons. The molecule has 1 aromatic carbocycles. The molecule has 1 rings (SSSR count). The lowest BCUT2D eigenvalue weighted by atomic mass is 9.87. The first-order chi connectivity index (χ1) is 8.62. The van der Waals surface area contributed by atoms with Gasteiger partial charge >= 0.3 is 5.97 Å². The van der Waals surface area contributed by atoms with Crippen molar-refractivity contribution in [1.82, 2.24) is 0 Å². The molecule has 0 heterocycles. The summed E-state index contributed by atoms with van der Waals surface area (Å²) in [6.07, 6.45) is 0. The van der Waals surface area contributed by atoms with Gasteiger partial charge in [-0.1, -0.05) is 20.8 Å². The summed E-state index contributed by atoms with van der Waals surface area (Å²) in [6, 6.07) is 2.34. The third-order valence-corrected chi connectivity index (χ3v) is 2.69. The van der Waals surface area contributed by atoms with E-state index in [0.717, 1.165) is 18.2 Å². The van der Waals surface area contributed by atoms with Crippen LogP contribution in [0, 0.1) is 11.2 Å². The van der Waals surface area contributed by atoms with E-state index in [-0.39, 0.29) is 11.3 Å². The minimum absolute atomic E-state index is 0.110. The monoisotopic (exact) mass is 268 g/mol. The number of anilines is 1. The van der Waals surface area contributed by atoms with Crippen molar-refractivity contribution >= 4 is 17.6 Å². The van der Waals surface area contributed by atoms with E-state index in [1.54, 1.807) is 20.8 Å². The lowest BCUT2D eigenvalue weighted by Gasteiger charge is -2.25. The first-order valence-electron chi connectivity index (χ1n) is 5.72. The third kappa shape index (κ3) is 3.75. The fourth-order valence-corrected chi connectivity index (χ4v) is 1.36. The maximum atomic E-state index is 13.5. The van der Waals surface area contributed by atoms with E-state index in [1.165, 1.54) is 0 Å². The normalized spacial score (nSPS) is 12.9. The molecule has 0 aliphatic carbocycles. The van der Waals surface area contributed by atoms with E-state index in [2.05, 4.69) is 5.32 Å². The van der Waals surface area contributed by atoms with Crippen LogP contribution in [0.3, 0.4) is 0 Å². The van der Waals surface area contributed by atoms with Gasteiger partial charge in [-0.05, 0) is 23.6 Å². The zero-order valence-electron chi connectivity index (χ0n) is 11.0. The summed E-state index contributed by atoms with van der Waals surface area (Å²) in [5.41, 5.74) is 4.96. The number of hydrogen-bond donors (Lipinski definition) is 3. The Morgan fingerprint density at radius 2 is 1.95 bits per heavy atom. The Kier molecular flexibility index (Phi) is 4.26. The van der Waals surface area contributed by atoms with Crippen LogP contribution in [-0.4, -0.2) is 23.0 Å². The lowest BCUT2D eigenvalue weighted by molar-refractivity contribution is -0.119. The Morgan fingerprint density at radius 1 is 1.37 bits per heavy atom. The molecule has 0 bridgehead atoms. The van der Waals surface area contributed by atoms with Crippen molar-refractivity contribution in [2.45, 2.75) is 26.8 Å². The average molecular weight is 268 g/mol. The van der Waals surface area contributed by atoms with Gasteiger partial charge in [0.15, 0.2) is 0 Å². The van der Waals surface area contributed by atoms with Gasteiger partial charge in [-0.25, -0.2) is 9.18 Å². The topological polar surface area (TPSA) is 92.4 Å². The summed E-state index contributed by atoms with van der Waals surface area (Å²) in [5, 5.41) is 11.1. The van der Waals surface area contributed by atoms with Crippen LogP contribution in [0.2, 0.25) is 0 Å². The predicted octanol–water partition coefficient (Wildman–Crippen LogP) is 1.84. The van der Waals surface area contributed by atoms with Crippen molar-refractivity contribution < 1.29 is 19.1 Å². The first kappa shape index (κ1) is 15.1. The maximum Gasteiger partial charge on any atom is 0.335 e. The molecule has 6 heteroatoms. The van der Waals surface area contributed by atoms with E-state index in [4.69, 9.17) is 10.8 Å². The number of benzene rings is 1. The summed E-state index contributed by atoms with van der Waals surface area (Å²) in [4.78, 5) is 22.6. The van der Waals surface area contributed by atoms with Gasteiger partial charge in [0.1, 0.15) is 5.82 Å². The van der Waals surface area contributed by atoms with Crippen LogP contribution in [0.15, 0.2) is 18.2 Å². The summed E-state index contributed by atoms with van der Waals surface area (Å²) in [7, 11) is 0. The molecular weight excluding hydrogens is 251 g/mol. The van der Waals surface area contributed by atoms with Crippen LogP contribution < -0.4 is 11.1 Å². The lowest BCUT2D eigenvalue weighted by Crippen LogP contribution is -2.45. The number of amides is 1. The van der Waals surface area contributed by atoms with Gasteiger partial charge in [-0.3, -0.25) is 4.79 Å². The van der Waals surface area contributed by atoms with Gasteiger partial charge in [0.2, 0.25) is 5.91 Å². The van der Waals surface area contributed by atoms with Crippen molar-refractivity contribution in [3.05, 3.63) is 29.6 Å². The third-order valence-electron chi connectivity index (χ3n) is 2.69. The first-order valence-corrected chi connectivity index (χ1v) is 5.72. The van der Waals surface area contributed by atoms with Gasteiger partial charge < -0.3 is 16.2 Å². The SMILES string of the molecule is CC(C)(C)[C@@H](N)C(=O)Nc1cc(C(=O)O)ccc1F. The highest BCUT2D eigenvalue weighted by Gasteiger charge is 2.28. The zero-order chi connectivity index (χ0) is 14.8. The van der Waals surface area contributed by atoms with Crippen LogP contribution >= 0.6 is 0 Å². The van der Waals surface area contributed by atoms with Crippen LogP contribution in [0.1, 0.15) is 31.1 Å². The predicted molar refractivity (Wildman–Crippen MR) is 69.4 cm³/mol. The van der Waals surface area contributed by atoms with Crippen LogP contribution in [0.5, 0.6) is 0 Å². The minimum Gasteiger partial charge on any atom is -0.478 e. The Morgan fingerprint density at radius 3 is 2.42 bits per heavy atom. The quantitative estimate of drug-likeness (QED) is 0.779. The molecule has 5 nitrogen and oxygen atoms in total. The number of nitrogens with one attached hydrogen (secondary N) is 1. The van der Waals surface area contributed by atoms with E-state index in [0.29, 0.717) is 0 Å². The Hall–Kier alpha value is -1.95. The number of nitrogens with two attached hydrogens (primary N) is 1. The minimum atomic E-state index is -1.20. The van der Waals surface area contributed by atoms with Crippen molar-refractivity contribution in [2.24, 2.45) is 11.1 Å². The van der Waals surface area contributed by atoms with Gasteiger partial charge in [0.05, 0.1) is 17.3 Å². The van der Waals surface area contributed by atoms with Gasteiger partial charge in [0.25, 0.3) is 0 Å². The van der Waals surface area contributed by atoms with Crippen molar-refractivity contribution in [3.8, 4) is 0 Å². The fourth-order valence-electron chi connectivity index (χ4n) is 1.36. The highest BCUT2D eigenvalue weighted by atomic mass is 19.1. The molecule has 1 amide bonds. The molecule has 0 spiro atoms. The number of carbonyl (C=O) groups is 2. The second-order valence-corrected chi connectivity index (χ2v) is 5.33. The Bertz CT molecular complexity index is 509. The summed E-state index contributed by atoms with van der Waals surface area (Å²) >= 11 is 0. The molecule has 0 saturated heterocycles. The highest BCUT2D eigenvalue weighted by molar-refractivity contribution is 5.97. The summed E-state index contributed by atoms with van der Waals surface area (Å²) in [5.74, 6) is -2.47. The zero-order valence-corrected chi connectivity index (χ0v) is 11.0. The smallest absolute Gasteiger partial charge is 0.335 e. The standard InChI is InChI=1S/C13H17FN2O3/c1-13(2,3)10(15)11(17)16-9-6-7(12(18)19)4-5-8(9)14/h4-6,10H,15H2,1-3H3,(H,16,17)(H,18,19)/t10-/m0/s1. The molecule has 0 aliphatic rings. The second-order valence-electron chi connectivity index (χ2n) is 5.33. The van der Waals surface area contributed by atoms with Crippen molar-refractivity contribution in [1.29, 1.82) is 0 Å². The molecule has 0 aromatic heterocycles. The van der Waals surface area contributed by atoms with Gasteiger partial charge in [-0.15, -0.1) is 0 Å². The molecule has 0 saturated carbocycles. The molecule has 4 N–H and O–H groups in total. The maximum absolute atomic E-state index is 13.5. The molecule has 0 radical (unpaired) electrons. The summed E-state index contributed by atoms with van der Waals surface area (Å²) in [6.45, 7) is 5.34. The number of carboxylic acids is 1. The molecule has 0 fully saturated rings.